The smallest absolute Gasteiger partial charge is 0.186 e. The minimum atomic E-state index is 0.489. The van der Waals surface area contributed by atoms with Crippen molar-refractivity contribution < 1.29 is 0 Å². The van der Waals surface area contributed by atoms with Gasteiger partial charge in [-0.15, -0.1) is 0 Å². The first-order chi connectivity index (χ1) is 9.78. The molecule has 5 heteroatoms. The van der Waals surface area contributed by atoms with Crippen molar-refractivity contribution in [3.05, 3.63) is 60.2 Å². The van der Waals surface area contributed by atoms with E-state index < -0.39 is 0 Å². The van der Waals surface area contributed by atoms with Crippen LogP contribution in [0, 0.1) is 0 Å². The highest BCUT2D eigenvalue weighted by Gasteiger charge is 1.94. The number of para-hydroxylation sites is 1. The number of hydrogen-bond donors (Lipinski definition) is 3. The van der Waals surface area contributed by atoms with Gasteiger partial charge in [-0.3, -0.25) is 5.43 Å². The van der Waals surface area contributed by atoms with Gasteiger partial charge in [-0.05, 0) is 42.0 Å². The zero-order valence-electron chi connectivity index (χ0n) is 11.1. The van der Waals surface area contributed by atoms with Crippen LogP contribution in [0.5, 0.6) is 0 Å². The predicted octanol–water partition coefficient (Wildman–Crippen LogP) is 2.86. The molecule has 0 unspecified atom stereocenters. The van der Waals surface area contributed by atoms with Crippen LogP contribution in [-0.4, -0.2) is 18.4 Å². The molecule has 0 aliphatic heterocycles. The lowest BCUT2D eigenvalue weighted by atomic mass is 10.2. The lowest BCUT2D eigenvalue weighted by Crippen LogP contribution is -2.28. The molecule has 0 amide bonds. The van der Waals surface area contributed by atoms with E-state index in [1.807, 2.05) is 54.6 Å². The number of hydrazone groups is 1. The van der Waals surface area contributed by atoms with E-state index in [1.165, 1.54) is 0 Å². The van der Waals surface area contributed by atoms with E-state index in [9.17, 15) is 0 Å². The highest BCUT2D eigenvalue weighted by atomic mass is 32.1. The SMILES string of the molecule is CNC(=S)N/N=C/c1ccc(Nc2ccccc2)cc1. The third-order valence-corrected chi connectivity index (χ3v) is 2.88. The second kappa shape index (κ2) is 7.25. The molecule has 0 spiro atoms. The number of hydrogen-bond acceptors (Lipinski definition) is 3. The van der Waals surface area contributed by atoms with E-state index in [0.29, 0.717) is 5.11 Å². The molecular formula is C15H16N4S. The summed E-state index contributed by atoms with van der Waals surface area (Å²) in [6, 6.07) is 18.0. The molecule has 0 fully saturated rings. The van der Waals surface area contributed by atoms with Gasteiger partial charge in [0.1, 0.15) is 0 Å². The fourth-order valence-corrected chi connectivity index (χ4v) is 1.61. The first-order valence-electron chi connectivity index (χ1n) is 6.21. The van der Waals surface area contributed by atoms with Crippen molar-refractivity contribution in [1.82, 2.24) is 10.7 Å². The van der Waals surface area contributed by atoms with E-state index in [0.717, 1.165) is 16.9 Å². The largest absolute Gasteiger partial charge is 0.364 e. The monoisotopic (exact) mass is 284 g/mol. The maximum absolute atomic E-state index is 4.92. The van der Waals surface area contributed by atoms with Gasteiger partial charge in [0.25, 0.3) is 0 Å². The molecule has 2 aromatic carbocycles. The maximum Gasteiger partial charge on any atom is 0.186 e. The summed E-state index contributed by atoms with van der Waals surface area (Å²) >= 11 is 4.92. The summed E-state index contributed by atoms with van der Waals surface area (Å²) in [4.78, 5) is 0. The van der Waals surface area contributed by atoms with Crippen LogP contribution < -0.4 is 16.1 Å². The van der Waals surface area contributed by atoms with Crippen molar-refractivity contribution in [2.75, 3.05) is 12.4 Å². The predicted molar refractivity (Wildman–Crippen MR) is 88.6 cm³/mol. The Bertz CT molecular complexity index is 579. The molecule has 0 saturated carbocycles. The maximum atomic E-state index is 4.92. The highest BCUT2D eigenvalue weighted by molar-refractivity contribution is 7.80. The molecule has 0 aromatic heterocycles. The Balaban J connectivity index is 1.94. The van der Waals surface area contributed by atoms with Gasteiger partial charge in [-0.25, -0.2) is 0 Å². The summed E-state index contributed by atoms with van der Waals surface area (Å²) in [5, 5.41) is 10.6. The van der Waals surface area contributed by atoms with Gasteiger partial charge in [0.15, 0.2) is 5.11 Å². The van der Waals surface area contributed by atoms with E-state index in [-0.39, 0.29) is 0 Å². The van der Waals surface area contributed by atoms with Gasteiger partial charge in [-0.2, -0.15) is 5.10 Å². The summed E-state index contributed by atoms with van der Waals surface area (Å²) in [5.74, 6) is 0. The molecule has 3 N–H and O–H groups in total. The first kappa shape index (κ1) is 14.0. The zero-order valence-corrected chi connectivity index (χ0v) is 11.9. The Morgan fingerprint density at radius 2 is 1.65 bits per heavy atom. The number of nitrogens with one attached hydrogen (secondary N) is 3. The van der Waals surface area contributed by atoms with E-state index >= 15 is 0 Å². The third kappa shape index (κ3) is 4.37. The standard InChI is InChI=1S/C15H16N4S/c1-16-15(20)19-17-11-12-7-9-14(10-8-12)18-13-5-3-2-4-6-13/h2-11,18H,1H3,(H2,16,19,20)/b17-11+. The molecule has 0 aliphatic rings. The molecule has 0 heterocycles. The molecule has 4 nitrogen and oxygen atoms in total. The van der Waals surface area contributed by atoms with E-state index in [4.69, 9.17) is 12.2 Å². The Morgan fingerprint density at radius 3 is 2.30 bits per heavy atom. The van der Waals surface area contributed by atoms with Gasteiger partial charge in [0.2, 0.25) is 0 Å². The molecule has 2 aromatic rings. The summed E-state index contributed by atoms with van der Waals surface area (Å²) in [5.41, 5.74) is 5.80. The van der Waals surface area contributed by atoms with Crippen LogP contribution in [0.4, 0.5) is 11.4 Å². The average molecular weight is 284 g/mol. The molecule has 0 saturated heterocycles. The van der Waals surface area contributed by atoms with Crippen molar-refractivity contribution in [1.29, 1.82) is 0 Å². The lowest BCUT2D eigenvalue weighted by Gasteiger charge is -2.06. The Hall–Kier alpha value is -2.40. The minimum absolute atomic E-state index is 0.489. The molecule has 2 rings (SSSR count). The van der Waals surface area contributed by atoms with Crippen LogP contribution in [0.15, 0.2) is 59.7 Å². The number of anilines is 2. The molecule has 20 heavy (non-hydrogen) atoms. The quantitative estimate of drug-likeness (QED) is 0.459. The molecule has 102 valence electrons. The van der Waals surface area contributed by atoms with Crippen LogP contribution >= 0.6 is 12.2 Å². The van der Waals surface area contributed by atoms with E-state index in [2.05, 4.69) is 21.2 Å². The van der Waals surface area contributed by atoms with Crippen LogP contribution in [0.25, 0.3) is 0 Å². The van der Waals surface area contributed by atoms with Crippen molar-refractivity contribution in [3.8, 4) is 0 Å². The normalized spacial score (nSPS) is 10.2. The first-order valence-corrected chi connectivity index (χ1v) is 6.61. The Kier molecular flexibility index (Phi) is 5.08. The van der Waals surface area contributed by atoms with Crippen LogP contribution in [0.1, 0.15) is 5.56 Å². The lowest BCUT2D eigenvalue weighted by molar-refractivity contribution is 0.982. The van der Waals surface area contributed by atoms with Crippen LogP contribution in [0.2, 0.25) is 0 Å². The number of rotatable bonds is 4. The number of thiocarbonyl (C=S) groups is 1. The summed E-state index contributed by atoms with van der Waals surface area (Å²) in [6.07, 6.45) is 1.72. The summed E-state index contributed by atoms with van der Waals surface area (Å²) in [7, 11) is 1.74. The fourth-order valence-electron chi connectivity index (χ4n) is 1.56. The molecule has 0 atom stereocenters. The molecule has 0 aliphatic carbocycles. The molecular weight excluding hydrogens is 268 g/mol. The third-order valence-electron chi connectivity index (χ3n) is 2.58. The van der Waals surface area contributed by atoms with Gasteiger partial charge < -0.3 is 10.6 Å². The van der Waals surface area contributed by atoms with Crippen molar-refractivity contribution in [3.63, 3.8) is 0 Å². The Morgan fingerprint density at radius 1 is 1.00 bits per heavy atom. The van der Waals surface area contributed by atoms with Crippen molar-refractivity contribution >= 4 is 34.9 Å². The summed E-state index contributed by atoms with van der Waals surface area (Å²) in [6.45, 7) is 0. The van der Waals surface area contributed by atoms with Gasteiger partial charge in [0, 0.05) is 18.4 Å². The average Bonchev–Trinajstić information content (AvgIpc) is 2.50. The summed E-state index contributed by atoms with van der Waals surface area (Å²) < 4.78 is 0. The van der Waals surface area contributed by atoms with E-state index in [1.54, 1.807) is 13.3 Å². The zero-order chi connectivity index (χ0) is 14.2. The van der Waals surface area contributed by atoms with Crippen LogP contribution in [0.3, 0.4) is 0 Å². The van der Waals surface area contributed by atoms with Crippen LogP contribution in [-0.2, 0) is 0 Å². The second-order valence-corrected chi connectivity index (χ2v) is 4.47. The van der Waals surface area contributed by atoms with Gasteiger partial charge >= 0.3 is 0 Å². The second-order valence-electron chi connectivity index (χ2n) is 4.06. The van der Waals surface area contributed by atoms with Crippen molar-refractivity contribution in [2.45, 2.75) is 0 Å². The highest BCUT2D eigenvalue weighted by Crippen LogP contribution is 2.15. The number of benzene rings is 2. The molecule has 0 bridgehead atoms. The fraction of sp³-hybridized carbons (Fsp3) is 0.0667. The van der Waals surface area contributed by atoms with Gasteiger partial charge in [-0.1, -0.05) is 30.3 Å². The van der Waals surface area contributed by atoms with Gasteiger partial charge in [0.05, 0.1) is 6.21 Å². The molecule has 0 radical (unpaired) electrons. The Labute approximate surface area is 123 Å². The van der Waals surface area contributed by atoms with Crippen molar-refractivity contribution in [2.24, 2.45) is 5.10 Å². The minimum Gasteiger partial charge on any atom is -0.364 e. The topological polar surface area (TPSA) is 48.5 Å². The number of nitrogens with zero attached hydrogens (tertiary/aromatic N) is 1.